The van der Waals surface area contributed by atoms with Crippen LogP contribution >= 0.6 is 0 Å². The van der Waals surface area contributed by atoms with Crippen LogP contribution in [0.4, 0.5) is 19.0 Å². The van der Waals surface area contributed by atoms with E-state index < -0.39 is 51.6 Å². The van der Waals surface area contributed by atoms with E-state index in [-0.39, 0.29) is 16.6 Å². The Labute approximate surface area is 178 Å². The Morgan fingerprint density at radius 2 is 1.52 bits per heavy atom. The average Bonchev–Trinajstić information content (AvgIpc) is 2.55. The lowest BCUT2D eigenvalue weighted by Gasteiger charge is -2.24. The van der Waals surface area contributed by atoms with Crippen LogP contribution < -0.4 is 5.73 Å². The van der Waals surface area contributed by atoms with Crippen molar-refractivity contribution >= 4 is 34.6 Å². The predicted molar refractivity (Wildman–Crippen MR) is 112 cm³/mol. The van der Waals surface area contributed by atoms with E-state index in [1.165, 1.54) is 18.2 Å². The normalized spacial score (nSPS) is 12.5. The van der Waals surface area contributed by atoms with Crippen molar-refractivity contribution in [3.8, 4) is 0 Å². The maximum Gasteiger partial charge on any atom is 0.420 e. The van der Waals surface area contributed by atoms with E-state index in [0.717, 1.165) is 0 Å². The van der Waals surface area contributed by atoms with Crippen molar-refractivity contribution in [2.75, 3.05) is 5.73 Å². The van der Waals surface area contributed by atoms with Crippen LogP contribution in [0.25, 0.3) is 16.8 Å². The van der Waals surface area contributed by atoms with Gasteiger partial charge in [0.1, 0.15) is 22.6 Å². The van der Waals surface area contributed by atoms with Crippen LogP contribution in [0.15, 0.2) is 18.7 Å². The molecule has 0 atom stereocenters. The van der Waals surface area contributed by atoms with Gasteiger partial charge in [-0.25, -0.2) is 14.6 Å². The standard InChI is InChI=1S/C22H25F3N2O4/c1-8-13-11-9-10-12(18(28)30-20(2,3)4)15(19(29)31-21(5,6)7)14(11)16(17(26)27-13)22(23,24)25/h8-10H,1H2,2-7H3,(H2,26,27). The van der Waals surface area contributed by atoms with Crippen LogP contribution in [0.5, 0.6) is 0 Å². The number of pyridine rings is 1. The number of ether oxygens (including phenoxy) is 2. The number of rotatable bonds is 3. The molecule has 2 N–H and O–H groups in total. The molecule has 0 unspecified atom stereocenters. The molecule has 31 heavy (non-hydrogen) atoms. The number of nitrogen functional groups attached to an aromatic ring is 1. The van der Waals surface area contributed by atoms with Gasteiger partial charge >= 0.3 is 18.1 Å². The van der Waals surface area contributed by atoms with E-state index >= 15 is 0 Å². The van der Waals surface area contributed by atoms with Gasteiger partial charge in [-0.3, -0.25) is 0 Å². The number of benzene rings is 1. The van der Waals surface area contributed by atoms with Crippen molar-refractivity contribution in [2.24, 2.45) is 0 Å². The fourth-order valence-corrected chi connectivity index (χ4v) is 2.94. The molecule has 0 bridgehead atoms. The zero-order valence-corrected chi connectivity index (χ0v) is 18.2. The maximum absolute atomic E-state index is 14.0. The number of carbonyl (C=O) groups excluding carboxylic acids is 2. The second-order valence-corrected chi connectivity index (χ2v) is 8.87. The third kappa shape index (κ3) is 5.34. The summed E-state index contributed by atoms with van der Waals surface area (Å²) in [4.78, 5) is 29.7. The average molecular weight is 438 g/mol. The third-order valence-electron chi connectivity index (χ3n) is 3.93. The van der Waals surface area contributed by atoms with Crippen LogP contribution in [-0.2, 0) is 15.7 Å². The number of alkyl halides is 3. The number of anilines is 1. The van der Waals surface area contributed by atoms with Gasteiger partial charge < -0.3 is 15.2 Å². The molecule has 168 valence electrons. The molecule has 0 saturated carbocycles. The Kier molecular flexibility index (Phi) is 6.13. The van der Waals surface area contributed by atoms with E-state index in [9.17, 15) is 22.8 Å². The molecule has 1 aromatic heterocycles. The van der Waals surface area contributed by atoms with Crippen molar-refractivity contribution in [3.05, 3.63) is 41.1 Å². The number of nitrogens with zero attached hydrogens (tertiary/aromatic N) is 1. The molecule has 0 aliphatic carbocycles. The van der Waals surface area contributed by atoms with Crippen LogP contribution in [0.1, 0.15) is 73.5 Å². The van der Waals surface area contributed by atoms with Crippen LogP contribution in [0.3, 0.4) is 0 Å². The molecular formula is C22H25F3N2O4. The van der Waals surface area contributed by atoms with Gasteiger partial charge in [-0.05, 0) is 53.7 Å². The molecule has 0 aliphatic heterocycles. The van der Waals surface area contributed by atoms with Crippen LogP contribution in [0.2, 0.25) is 0 Å². The van der Waals surface area contributed by atoms with Gasteiger partial charge in [0.2, 0.25) is 0 Å². The van der Waals surface area contributed by atoms with Crippen molar-refractivity contribution in [3.63, 3.8) is 0 Å². The molecule has 1 heterocycles. The molecule has 1 aromatic carbocycles. The van der Waals surface area contributed by atoms with Gasteiger partial charge in [0, 0.05) is 10.8 Å². The highest BCUT2D eigenvalue weighted by Crippen LogP contribution is 2.42. The van der Waals surface area contributed by atoms with E-state index in [2.05, 4.69) is 11.6 Å². The largest absolute Gasteiger partial charge is 0.456 e. The van der Waals surface area contributed by atoms with E-state index in [4.69, 9.17) is 15.2 Å². The highest BCUT2D eigenvalue weighted by molar-refractivity contribution is 6.15. The van der Waals surface area contributed by atoms with E-state index in [1.807, 2.05) is 0 Å². The summed E-state index contributed by atoms with van der Waals surface area (Å²) in [7, 11) is 0. The summed E-state index contributed by atoms with van der Waals surface area (Å²) in [6.07, 6.45) is -3.75. The Balaban J connectivity index is 3.06. The fraction of sp³-hybridized carbons (Fsp3) is 0.409. The Morgan fingerprint density at radius 1 is 1.00 bits per heavy atom. The molecule has 0 amide bonds. The molecule has 0 fully saturated rings. The number of hydrogen-bond acceptors (Lipinski definition) is 6. The summed E-state index contributed by atoms with van der Waals surface area (Å²) in [5.41, 5.74) is 1.37. The molecule has 2 aromatic rings. The number of esters is 2. The molecule has 0 radical (unpaired) electrons. The highest BCUT2D eigenvalue weighted by atomic mass is 19.4. The van der Waals surface area contributed by atoms with Gasteiger partial charge in [-0.1, -0.05) is 12.6 Å². The molecule has 6 nitrogen and oxygen atoms in total. The summed E-state index contributed by atoms with van der Waals surface area (Å²) >= 11 is 0. The first-order valence-electron chi connectivity index (χ1n) is 9.39. The number of fused-ring (bicyclic) bond motifs is 1. The van der Waals surface area contributed by atoms with Gasteiger partial charge in [0.05, 0.1) is 16.8 Å². The minimum absolute atomic E-state index is 0.0287. The topological polar surface area (TPSA) is 91.5 Å². The Hall–Kier alpha value is -3.10. The number of hydrogen-bond donors (Lipinski definition) is 1. The first-order chi connectivity index (χ1) is 14.0. The van der Waals surface area contributed by atoms with Gasteiger partial charge in [0.25, 0.3) is 0 Å². The van der Waals surface area contributed by atoms with E-state index in [0.29, 0.717) is 0 Å². The molecular weight excluding hydrogens is 413 g/mol. The third-order valence-corrected chi connectivity index (χ3v) is 3.93. The predicted octanol–water partition coefficient (Wildman–Crippen LogP) is 5.39. The molecule has 2 rings (SSSR count). The molecule has 0 aliphatic rings. The summed E-state index contributed by atoms with van der Waals surface area (Å²) < 4.78 is 52.6. The monoisotopic (exact) mass is 438 g/mol. The summed E-state index contributed by atoms with van der Waals surface area (Å²) in [5.74, 6) is -2.94. The summed E-state index contributed by atoms with van der Waals surface area (Å²) in [5, 5.41) is -0.641. The second kappa shape index (κ2) is 7.86. The molecule has 0 saturated heterocycles. The first kappa shape index (κ1) is 24.2. The highest BCUT2D eigenvalue weighted by Gasteiger charge is 2.40. The SMILES string of the molecule is C=Cc1nc(N)c(C(F)(F)F)c2c(C(=O)OC(C)(C)C)c(C(=O)OC(C)(C)C)ccc12. The lowest BCUT2D eigenvalue weighted by molar-refractivity contribution is -0.135. The lowest BCUT2D eigenvalue weighted by Crippen LogP contribution is -2.28. The Bertz CT molecular complexity index is 1060. The fourth-order valence-electron chi connectivity index (χ4n) is 2.94. The zero-order valence-electron chi connectivity index (χ0n) is 18.2. The lowest BCUT2D eigenvalue weighted by atomic mass is 9.93. The number of nitrogens with two attached hydrogens (primary N) is 1. The smallest absolute Gasteiger partial charge is 0.420 e. The van der Waals surface area contributed by atoms with Crippen molar-refractivity contribution < 1.29 is 32.2 Å². The van der Waals surface area contributed by atoms with E-state index in [1.54, 1.807) is 41.5 Å². The molecule has 0 spiro atoms. The number of carbonyl (C=O) groups is 2. The van der Waals surface area contributed by atoms with Gasteiger partial charge in [-0.15, -0.1) is 0 Å². The van der Waals surface area contributed by atoms with Crippen molar-refractivity contribution in [2.45, 2.75) is 58.9 Å². The molecule has 9 heteroatoms. The maximum atomic E-state index is 14.0. The second-order valence-electron chi connectivity index (χ2n) is 8.87. The zero-order chi connectivity index (χ0) is 23.9. The van der Waals surface area contributed by atoms with Crippen molar-refractivity contribution in [1.29, 1.82) is 0 Å². The summed E-state index contributed by atoms with van der Waals surface area (Å²) in [6.45, 7) is 13.0. The number of halogens is 3. The van der Waals surface area contributed by atoms with Crippen molar-refractivity contribution in [1.82, 2.24) is 4.98 Å². The Morgan fingerprint density at radius 3 is 1.97 bits per heavy atom. The van der Waals surface area contributed by atoms with Crippen LogP contribution in [0, 0.1) is 0 Å². The van der Waals surface area contributed by atoms with Crippen LogP contribution in [-0.4, -0.2) is 28.1 Å². The number of aromatic nitrogens is 1. The minimum atomic E-state index is -4.96. The minimum Gasteiger partial charge on any atom is -0.456 e. The quantitative estimate of drug-likeness (QED) is 0.646. The van der Waals surface area contributed by atoms with Gasteiger partial charge in [0.15, 0.2) is 0 Å². The van der Waals surface area contributed by atoms with Gasteiger partial charge in [-0.2, -0.15) is 13.2 Å². The first-order valence-corrected chi connectivity index (χ1v) is 9.39. The summed E-state index contributed by atoms with van der Waals surface area (Å²) in [6, 6.07) is 2.46.